The van der Waals surface area contributed by atoms with Gasteiger partial charge in [-0.3, -0.25) is 14.9 Å². The molecule has 1 fully saturated rings. The number of nitrogens with one attached hydrogen (secondary N) is 1. The standard InChI is InChI=1S/C28H22BrFN2O4/c1-3-4-20-13-19(15-24(29)25(20)36-16-18-7-9-21(30)10-8-18)14-23-26(33)31-28(35)32(27(23)34)22-11-5-17(2)6-12-22/h3,5-15H,1,4,16H2,2H3,(H,31,33,35)/b23-14+. The minimum absolute atomic E-state index is 0.174. The molecule has 36 heavy (non-hydrogen) atoms. The first-order valence-corrected chi connectivity index (χ1v) is 11.8. The molecule has 1 aliphatic heterocycles. The number of anilines is 1. The van der Waals surface area contributed by atoms with E-state index in [0.717, 1.165) is 21.6 Å². The number of carbonyl (C=O) groups excluding carboxylic acids is 3. The highest BCUT2D eigenvalue weighted by Crippen LogP contribution is 2.33. The van der Waals surface area contributed by atoms with Gasteiger partial charge in [0.1, 0.15) is 23.7 Å². The molecule has 3 aromatic rings. The van der Waals surface area contributed by atoms with Crippen LogP contribution in [0.3, 0.4) is 0 Å². The molecule has 0 atom stereocenters. The smallest absolute Gasteiger partial charge is 0.335 e. The highest BCUT2D eigenvalue weighted by molar-refractivity contribution is 9.10. The van der Waals surface area contributed by atoms with E-state index in [4.69, 9.17) is 4.74 Å². The average Bonchev–Trinajstić information content (AvgIpc) is 2.83. The fraction of sp³-hybridized carbons (Fsp3) is 0.107. The Kier molecular flexibility index (Phi) is 7.45. The first-order chi connectivity index (χ1) is 17.3. The van der Waals surface area contributed by atoms with E-state index in [1.54, 1.807) is 54.6 Å². The normalized spacial score (nSPS) is 14.7. The molecule has 0 aromatic heterocycles. The summed E-state index contributed by atoms with van der Waals surface area (Å²) in [5, 5.41) is 2.23. The summed E-state index contributed by atoms with van der Waals surface area (Å²) in [4.78, 5) is 39.1. The Morgan fingerprint density at radius 1 is 1.06 bits per heavy atom. The highest BCUT2D eigenvalue weighted by atomic mass is 79.9. The van der Waals surface area contributed by atoms with Crippen LogP contribution in [-0.4, -0.2) is 17.8 Å². The lowest BCUT2D eigenvalue weighted by Gasteiger charge is -2.26. The minimum Gasteiger partial charge on any atom is -0.487 e. The zero-order chi connectivity index (χ0) is 25.8. The molecule has 1 N–H and O–H groups in total. The molecule has 1 saturated heterocycles. The van der Waals surface area contributed by atoms with Crippen LogP contribution in [0.1, 0.15) is 22.3 Å². The van der Waals surface area contributed by atoms with Crippen molar-refractivity contribution < 1.29 is 23.5 Å². The fourth-order valence-corrected chi connectivity index (χ4v) is 4.35. The summed E-state index contributed by atoms with van der Waals surface area (Å²) in [6, 6.07) is 15.6. The molecule has 0 saturated carbocycles. The van der Waals surface area contributed by atoms with Crippen molar-refractivity contribution in [2.45, 2.75) is 20.0 Å². The molecule has 0 unspecified atom stereocenters. The lowest BCUT2D eigenvalue weighted by Crippen LogP contribution is -2.54. The van der Waals surface area contributed by atoms with Gasteiger partial charge in [-0.15, -0.1) is 6.58 Å². The van der Waals surface area contributed by atoms with Crippen molar-refractivity contribution in [2.24, 2.45) is 0 Å². The molecular formula is C28H22BrFN2O4. The van der Waals surface area contributed by atoms with Crippen molar-refractivity contribution in [1.29, 1.82) is 0 Å². The van der Waals surface area contributed by atoms with Gasteiger partial charge in [-0.25, -0.2) is 14.1 Å². The third-order valence-electron chi connectivity index (χ3n) is 5.51. The Bertz CT molecular complexity index is 1380. The molecule has 6 nitrogen and oxygen atoms in total. The quantitative estimate of drug-likeness (QED) is 0.227. The van der Waals surface area contributed by atoms with Gasteiger partial charge in [-0.1, -0.05) is 35.9 Å². The van der Waals surface area contributed by atoms with Crippen LogP contribution in [0.25, 0.3) is 6.08 Å². The maximum atomic E-state index is 13.2. The Hall–Kier alpha value is -4.04. The van der Waals surface area contributed by atoms with E-state index in [-0.39, 0.29) is 18.0 Å². The van der Waals surface area contributed by atoms with Gasteiger partial charge < -0.3 is 4.74 Å². The van der Waals surface area contributed by atoms with Crippen LogP contribution in [0.15, 0.2) is 83.4 Å². The molecule has 0 aliphatic carbocycles. The number of rotatable bonds is 7. The monoisotopic (exact) mass is 548 g/mol. The highest BCUT2D eigenvalue weighted by Gasteiger charge is 2.36. The molecule has 8 heteroatoms. The molecule has 4 amide bonds. The predicted octanol–water partition coefficient (Wildman–Crippen LogP) is 5.87. The Morgan fingerprint density at radius 3 is 2.42 bits per heavy atom. The van der Waals surface area contributed by atoms with Gasteiger partial charge in [-0.2, -0.15) is 0 Å². The minimum atomic E-state index is -0.802. The molecule has 0 spiro atoms. The number of hydrogen-bond acceptors (Lipinski definition) is 4. The zero-order valence-electron chi connectivity index (χ0n) is 19.4. The van der Waals surface area contributed by atoms with Crippen LogP contribution >= 0.6 is 15.9 Å². The predicted molar refractivity (Wildman–Crippen MR) is 139 cm³/mol. The first-order valence-electron chi connectivity index (χ1n) is 11.1. The van der Waals surface area contributed by atoms with Crippen LogP contribution in [0.5, 0.6) is 5.75 Å². The number of barbiturate groups is 1. The number of hydrogen-bond donors (Lipinski definition) is 1. The van der Waals surface area contributed by atoms with Gasteiger partial charge in [0.25, 0.3) is 11.8 Å². The summed E-state index contributed by atoms with van der Waals surface area (Å²) in [7, 11) is 0. The lowest BCUT2D eigenvalue weighted by atomic mass is 10.0. The van der Waals surface area contributed by atoms with Crippen molar-refractivity contribution in [3.05, 3.63) is 111 Å². The fourth-order valence-electron chi connectivity index (χ4n) is 3.71. The summed E-state index contributed by atoms with van der Waals surface area (Å²) in [5.41, 5.74) is 3.28. The summed E-state index contributed by atoms with van der Waals surface area (Å²) in [6.07, 6.45) is 3.61. The lowest BCUT2D eigenvalue weighted by molar-refractivity contribution is -0.122. The van der Waals surface area contributed by atoms with Crippen molar-refractivity contribution in [3.63, 3.8) is 0 Å². The van der Waals surface area contributed by atoms with E-state index in [1.807, 2.05) is 6.92 Å². The zero-order valence-corrected chi connectivity index (χ0v) is 21.0. The van der Waals surface area contributed by atoms with Gasteiger partial charge in [0.05, 0.1) is 10.2 Å². The third-order valence-corrected chi connectivity index (χ3v) is 6.10. The van der Waals surface area contributed by atoms with Crippen LogP contribution in [0.2, 0.25) is 0 Å². The van der Waals surface area contributed by atoms with Crippen molar-refractivity contribution >= 4 is 45.5 Å². The molecule has 0 radical (unpaired) electrons. The Morgan fingerprint density at radius 2 is 1.75 bits per heavy atom. The number of nitrogens with zero attached hydrogens (tertiary/aromatic N) is 1. The van der Waals surface area contributed by atoms with E-state index < -0.39 is 17.8 Å². The molecule has 1 aliphatic rings. The largest absolute Gasteiger partial charge is 0.487 e. The molecular weight excluding hydrogens is 527 g/mol. The van der Waals surface area contributed by atoms with Gasteiger partial charge in [0, 0.05) is 0 Å². The average molecular weight is 549 g/mol. The first kappa shape index (κ1) is 25.1. The Balaban J connectivity index is 1.65. The number of halogens is 2. The second kappa shape index (κ2) is 10.7. The van der Waals surface area contributed by atoms with Gasteiger partial charge in [-0.05, 0) is 88.4 Å². The topological polar surface area (TPSA) is 75.7 Å². The van der Waals surface area contributed by atoms with E-state index in [1.165, 1.54) is 18.2 Å². The maximum Gasteiger partial charge on any atom is 0.335 e. The van der Waals surface area contributed by atoms with Gasteiger partial charge in [0.15, 0.2) is 0 Å². The molecule has 0 bridgehead atoms. The molecule has 182 valence electrons. The van der Waals surface area contributed by atoms with E-state index in [2.05, 4.69) is 27.8 Å². The number of amides is 4. The number of urea groups is 1. The Labute approximate surface area is 216 Å². The van der Waals surface area contributed by atoms with Crippen molar-refractivity contribution in [2.75, 3.05) is 4.90 Å². The second-order valence-corrected chi connectivity index (χ2v) is 9.05. The van der Waals surface area contributed by atoms with Crippen molar-refractivity contribution in [3.8, 4) is 5.75 Å². The SMILES string of the molecule is C=CCc1cc(/C=C2\C(=O)NC(=O)N(c3ccc(C)cc3)C2=O)cc(Br)c1OCc1ccc(F)cc1. The summed E-state index contributed by atoms with van der Waals surface area (Å²) >= 11 is 3.51. The second-order valence-electron chi connectivity index (χ2n) is 8.19. The van der Waals surface area contributed by atoms with E-state index in [9.17, 15) is 18.8 Å². The van der Waals surface area contributed by atoms with Gasteiger partial charge >= 0.3 is 6.03 Å². The maximum absolute atomic E-state index is 13.2. The number of carbonyl (C=O) groups is 3. The summed E-state index contributed by atoms with van der Waals surface area (Å²) < 4.78 is 19.8. The van der Waals surface area contributed by atoms with Gasteiger partial charge in [0.2, 0.25) is 0 Å². The van der Waals surface area contributed by atoms with E-state index in [0.29, 0.717) is 27.9 Å². The molecule has 1 heterocycles. The number of allylic oxidation sites excluding steroid dienone is 1. The number of imide groups is 2. The number of ether oxygens (including phenoxy) is 1. The number of benzene rings is 3. The summed E-state index contributed by atoms with van der Waals surface area (Å²) in [6.45, 7) is 5.90. The number of aryl methyl sites for hydroxylation is 1. The van der Waals surface area contributed by atoms with Crippen LogP contribution in [-0.2, 0) is 22.6 Å². The van der Waals surface area contributed by atoms with Crippen LogP contribution in [0.4, 0.5) is 14.9 Å². The summed E-state index contributed by atoms with van der Waals surface area (Å²) in [5.74, 6) is -1.25. The molecule has 3 aromatic carbocycles. The van der Waals surface area contributed by atoms with E-state index >= 15 is 0 Å². The molecule has 4 rings (SSSR count). The van der Waals surface area contributed by atoms with Crippen LogP contribution < -0.4 is 15.0 Å². The van der Waals surface area contributed by atoms with Crippen molar-refractivity contribution in [1.82, 2.24) is 5.32 Å². The third kappa shape index (κ3) is 5.44. The van der Waals surface area contributed by atoms with Crippen LogP contribution in [0, 0.1) is 12.7 Å².